The van der Waals surface area contributed by atoms with Crippen molar-refractivity contribution in [2.45, 2.75) is 25.9 Å². The number of aryl methyl sites for hydroxylation is 1. The van der Waals surface area contributed by atoms with E-state index in [1.807, 2.05) is 11.8 Å². The Morgan fingerprint density at radius 2 is 2.10 bits per heavy atom. The van der Waals surface area contributed by atoms with E-state index in [1.54, 1.807) is 0 Å². The number of aromatic nitrogens is 2. The molecule has 1 atom stereocenters. The smallest absolute Gasteiger partial charge is 0.267 e. The Bertz CT molecular complexity index is 480. The van der Waals surface area contributed by atoms with Gasteiger partial charge in [-0.2, -0.15) is 0 Å². The SMILES string of the molecule is Cc1nnsc1C(=O)N1CCN(C[C@H](O)C2CC2)CC1. The molecule has 3 rings (SSSR count). The number of aliphatic hydroxyl groups is 1. The van der Waals surface area contributed by atoms with Crippen LogP contribution in [0, 0.1) is 12.8 Å². The number of piperazine rings is 1. The number of amides is 1. The van der Waals surface area contributed by atoms with Gasteiger partial charge in [0.15, 0.2) is 0 Å². The van der Waals surface area contributed by atoms with E-state index < -0.39 is 0 Å². The highest BCUT2D eigenvalue weighted by Crippen LogP contribution is 2.32. The second kappa shape index (κ2) is 5.75. The Morgan fingerprint density at radius 3 is 2.65 bits per heavy atom. The average Bonchev–Trinajstić information content (AvgIpc) is 3.21. The molecular formula is C13H20N4O2S. The third kappa shape index (κ3) is 2.99. The standard InChI is InChI=1S/C13H20N4O2S/c1-9-12(20-15-14-9)13(19)17-6-4-16(5-7-17)8-11(18)10-2-3-10/h10-11,18H,2-8H2,1H3/t11-/m0/s1. The molecule has 1 aromatic heterocycles. The molecule has 2 aliphatic rings. The van der Waals surface area contributed by atoms with Crippen molar-refractivity contribution in [1.29, 1.82) is 0 Å². The van der Waals surface area contributed by atoms with Gasteiger partial charge < -0.3 is 10.0 Å². The Labute approximate surface area is 122 Å². The zero-order chi connectivity index (χ0) is 14.1. The molecule has 1 saturated carbocycles. The van der Waals surface area contributed by atoms with Crippen LogP contribution in [0.15, 0.2) is 0 Å². The molecule has 0 spiro atoms. The molecule has 1 saturated heterocycles. The van der Waals surface area contributed by atoms with Gasteiger partial charge in [-0.05, 0) is 37.2 Å². The zero-order valence-corrected chi connectivity index (χ0v) is 12.5. The minimum Gasteiger partial charge on any atom is -0.392 e. The van der Waals surface area contributed by atoms with E-state index in [4.69, 9.17) is 0 Å². The molecule has 0 unspecified atom stereocenters. The quantitative estimate of drug-likeness (QED) is 0.869. The number of carbonyl (C=O) groups is 1. The highest BCUT2D eigenvalue weighted by atomic mass is 32.1. The van der Waals surface area contributed by atoms with Crippen LogP contribution in [0.1, 0.15) is 28.2 Å². The van der Waals surface area contributed by atoms with Crippen molar-refractivity contribution in [3.8, 4) is 0 Å². The highest BCUT2D eigenvalue weighted by Gasteiger charge is 2.32. The maximum absolute atomic E-state index is 12.3. The summed E-state index contributed by atoms with van der Waals surface area (Å²) in [6, 6.07) is 0. The Kier molecular flexibility index (Phi) is 4.00. The number of aliphatic hydroxyl groups excluding tert-OH is 1. The van der Waals surface area contributed by atoms with Crippen LogP contribution in [0.3, 0.4) is 0 Å². The van der Waals surface area contributed by atoms with E-state index >= 15 is 0 Å². The van der Waals surface area contributed by atoms with Gasteiger partial charge in [0.05, 0.1) is 11.8 Å². The third-order valence-electron chi connectivity index (χ3n) is 4.12. The second-order valence-corrected chi connectivity index (χ2v) is 6.44. The van der Waals surface area contributed by atoms with Gasteiger partial charge in [-0.25, -0.2) is 0 Å². The molecule has 1 aromatic rings. The largest absolute Gasteiger partial charge is 0.392 e. The van der Waals surface area contributed by atoms with Gasteiger partial charge in [-0.3, -0.25) is 9.69 Å². The summed E-state index contributed by atoms with van der Waals surface area (Å²) in [6.07, 6.45) is 2.14. The number of hydrogen-bond acceptors (Lipinski definition) is 6. The third-order valence-corrected chi connectivity index (χ3v) is 4.93. The summed E-state index contributed by atoms with van der Waals surface area (Å²) >= 11 is 1.17. The van der Waals surface area contributed by atoms with Crippen molar-refractivity contribution in [2.75, 3.05) is 32.7 Å². The molecule has 110 valence electrons. The summed E-state index contributed by atoms with van der Waals surface area (Å²) in [5, 5.41) is 13.9. The predicted molar refractivity (Wildman–Crippen MR) is 75.7 cm³/mol. The lowest BCUT2D eigenvalue weighted by molar-refractivity contribution is 0.0491. The van der Waals surface area contributed by atoms with Crippen LogP contribution in [0.5, 0.6) is 0 Å². The van der Waals surface area contributed by atoms with Crippen LogP contribution in [0.25, 0.3) is 0 Å². The van der Waals surface area contributed by atoms with Crippen LogP contribution in [0.2, 0.25) is 0 Å². The van der Waals surface area contributed by atoms with E-state index in [0.29, 0.717) is 29.6 Å². The topological polar surface area (TPSA) is 69.6 Å². The molecule has 20 heavy (non-hydrogen) atoms. The summed E-state index contributed by atoms with van der Waals surface area (Å²) in [5.74, 6) is 0.556. The predicted octanol–water partition coefficient (Wildman–Crippen LogP) is 0.375. The lowest BCUT2D eigenvalue weighted by Crippen LogP contribution is -2.50. The molecule has 7 heteroatoms. The van der Waals surface area contributed by atoms with Gasteiger partial charge in [-0.15, -0.1) is 5.10 Å². The summed E-state index contributed by atoms with van der Waals surface area (Å²) in [4.78, 5) is 17.1. The van der Waals surface area contributed by atoms with Crippen molar-refractivity contribution in [3.05, 3.63) is 10.6 Å². The van der Waals surface area contributed by atoms with Gasteiger partial charge in [-0.1, -0.05) is 4.49 Å². The molecule has 2 heterocycles. The molecule has 0 aromatic carbocycles. The van der Waals surface area contributed by atoms with E-state index in [2.05, 4.69) is 14.5 Å². The van der Waals surface area contributed by atoms with Crippen LogP contribution in [-0.4, -0.2) is 69.2 Å². The van der Waals surface area contributed by atoms with Gasteiger partial charge >= 0.3 is 0 Å². The van der Waals surface area contributed by atoms with Crippen molar-refractivity contribution in [1.82, 2.24) is 19.4 Å². The van der Waals surface area contributed by atoms with Crippen LogP contribution >= 0.6 is 11.5 Å². The summed E-state index contributed by atoms with van der Waals surface area (Å²) in [5.41, 5.74) is 0.714. The van der Waals surface area contributed by atoms with E-state index in [1.165, 1.54) is 11.5 Å². The van der Waals surface area contributed by atoms with Gasteiger partial charge in [0.1, 0.15) is 4.88 Å². The van der Waals surface area contributed by atoms with Crippen LogP contribution < -0.4 is 0 Å². The highest BCUT2D eigenvalue weighted by molar-refractivity contribution is 7.07. The van der Waals surface area contributed by atoms with Gasteiger partial charge in [0.2, 0.25) is 0 Å². The van der Waals surface area contributed by atoms with Crippen LogP contribution in [-0.2, 0) is 0 Å². The molecule has 0 bridgehead atoms. The van der Waals surface area contributed by atoms with Crippen molar-refractivity contribution >= 4 is 17.4 Å². The Morgan fingerprint density at radius 1 is 1.40 bits per heavy atom. The first-order valence-electron chi connectivity index (χ1n) is 7.14. The van der Waals surface area contributed by atoms with E-state index in [-0.39, 0.29) is 12.0 Å². The maximum atomic E-state index is 12.3. The molecular weight excluding hydrogens is 276 g/mol. The molecule has 1 N–H and O–H groups in total. The number of carbonyl (C=O) groups excluding carboxylic acids is 1. The maximum Gasteiger partial charge on any atom is 0.267 e. The van der Waals surface area contributed by atoms with Crippen molar-refractivity contribution in [3.63, 3.8) is 0 Å². The number of rotatable bonds is 4. The van der Waals surface area contributed by atoms with E-state index in [0.717, 1.165) is 32.5 Å². The summed E-state index contributed by atoms with van der Waals surface area (Å²) in [7, 11) is 0. The minimum atomic E-state index is -0.190. The van der Waals surface area contributed by atoms with Gasteiger partial charge in [0.25, 0.3) is 5.91 Å². The number of β-amino-alcohol motifs (C(OH)–C–C–N with tert-alkyl or cyclic N) is 1. The van der Waals surface area contributed by atoms with Crippen LogP contribution in [0.4, 0.5) is 0 Å². The average molecular weight is 296 g/mol. The monoisotopic (exact) mass is 296 g/mol. The lowest BCUT2D eigenvalue weighted by Gasteiger charge is -2.35. The molecule has 1 aliphatic carbocycles. The first kappa shape index (κ1) is 13.9. The molecule has 0 radical (unpaired) electrons. The van der Waals surface area contributed by atoms with Crippen molar-refractivity contribution < 1.29 is 9.90 Å². The van der Waals surface area contributed by atoms with E-state index in [9.17, 15) is 9.90 Å². The first-order valence-corrected chi connectivity index (χ1v) is 7.91. The zero-order valence-electron chi connectivity index (χ0n) is 11.7. The fourth-order valence-electron chi connectivity index (χ4n) is 2.60. The Hall–Kier alpha value is -1.05. The Balaban J connectivity index is 1.50. The molecule has 6 nitrogen and oxygen atoms in total. The minimum absolute atomic E-state index is 0.0416. The summed E-state index contributed by atoms with van der Waals surface area (Å²) in [6.45, 7) is 5.66. The molecule has 1 aliphatic heterocycles. The number of hydrogen-bond donors (Lipinski definition) is 1. The summed E-state index contributed by atoms with van der Waals surface area (Å²) < 4.78 is 3.82. The fraction of sp³-hybridized carbons (Fsp3) is 0.769. The normalized spacial score (nSPS) is 22.0. The molecule has 2 fully saturated rings. The molecule has 1 amide bonds. The lowest BCUT2D eigenvalue weighted by atomic mass is 10.2. The number of nitrogens with zero attached hydrogens (tertiary/aromatic N) is 4. The second-order valence-electron chi connectivity index (χ2n) is 5.69. The first-order chi connectivity index (χ1) is 9.65. The van der Waals surface area contributed by atoms with Crippen molar-refractivity contribution in [2.24, 2.45) is 5.92 Å². The van der Waals surface area contributed by atoms with Gasteiger partial charge in [0, 0.05) is 32.7 Å². The fourth-order valence-corrected chi connectivity index (χ4v) is 3.22.